The molecule has 0 spiro atoms. The fraction of sp³-hybridized carbons (Fsp3) is 0.529. The van der Waals surface area contributed by atoms with Crippen LogP contribution < -0.4 is 10.1 Å². The minimum Gasteiger partial charge on any atom is -0.497 e. The van der Waals surface area contributed by atoms with Crippen molar-refractivity contribution in [2.75, 3.05) is 7.11 Å². The summed E-state index contributed by atoms with van der Waals surface area (Å²) in [5.41, 5.74) is -0.502. The number of hydrogen-bond donors (Lipinski definition) is 2. The Kier molecular flexibility index (Phi) is 5.52. The van der Waals surface area contributed by atoms with Gasteiger partial charge in [0.15, 0.2) is 0 Å². The lowest BCUT2D eigenvalue weighted by molar-refractivity contribution is -0.149. The molecule has 1 fully saturated rings. The van der Waals surface area contributed by atoms with E-state index in [9.17, 15) is 14.7 Å². The second-order valence-electron chi connectivity index (χ2n) is 6.25. The molecule has 5 nitrogen and oxygen atoms in total. The molecule has 0 aromatic heterocycles. The molecule has 0 bridgehead atoms. The molecular weight excluding hydrogens is 318 g/mol. The van der Waals surface area contributed by atoms with Gasteiger partial charge in [-0.25, -0.2) is 4.79 Å². The van der Waals surface area contributed by atoms with E-state index < -0.39 is 11.5 Å². The van der Waals surface area contributed by atoms with E-state index in [4.69, 9.17) is 16.3 Å². The van der Waals surface area contributed by atoms with Gasteiger partial charge < -0.3 is 15.2 Å². The Hall–Kier alpha value is -1.75. The highest BCUT2D eigenvalue weighted by Gasteiger charge is 2.42. The molecule has 0 saturated heterocycles. The zero-order chi connectivity index (χ0) is 17.0. The van der Waals surface area contributed by atoms with Crippen LogP contribution in [0.25, 0.3) is 0 Å². The summed E-state index contributed by atoms with van der Waals surface area (Å²) in [7, 11) is 1.54. The maximum absolute atomic E-state index is 12.3. The first kappa shape index (κ1) is 17.6. The molecule has 1 aliphatic carbocycles. The van der Waals surface area contributed by atoms with E-state index >= 15 is 0 Å². The summed E-state index contributed by atoms with van der Waals surface area (Å²) in [6.07, 6.45) is 2.58. The van der Waals surface area contributed by atoms with E-state index in [1.807, 2.05) is 0 Å². The largest absolute Gasteiger partial charge is 0.497 e. The minimum absolute atomic E-state index is 0.0490. The lowest BCUT2D eigenvalue weighted by Gasteiger charge is -2.36. The third-order valence-electron chi connectivity index (χ3n) is 4.53. The number of methoxy groups -OCH3 is 1. The first-order valence-corrected chi connectivity index (χ1v) is 8.11. The zero-order valence-corrected chi connectivity index (χ0v) is 14.2. The average molecular weight is 340 g/mol. The van der Waals surface area contributed by atoms with Crippen molar-refractivity contribution in [3.8, 4) is 5.75 Å². The van der Waals surface area contributed by atoms with Gasteiger partial charge in [0.05, 0.1) is 13.5 Å². The topological polar surface area (TPSA) is 75.6 Å². The van der Waals surface area contributed by atoms with Gasteiger partial charge in [0.1, 0.15) is 11.3 Å². The van der Waals surface area contributed by atoms with Crippen molar-refractivity contribution >= 4 is 23.5 Å². The van der Waals surface area contributed by atoms with Gasteiger partial charge in [-0.1, -0.05) is 24.6 Å². The molecule has 126 valence electrons. The number of ether oxygens (including phenoxy) is 1. The van der Waals surface area contributed by atoms with Crippen molar-refractivity contribution in [2.45, 2.75) is 44.6 Å². The van der Waals surface area contributed by atoms with Crippen molar-refractivity contribution in [3.63, 3.8) is 0 Å². The SMILES string of the molecule is COc1ccc(CC(=O)NC2(C(=O)O)CCC(C)CC2)c(Cl)c1. The summed E-state index contributed by atoms with van der Waals surface area (Å²) >= 11 is 6.14. The normalized spacial score (nSPS) is 24.0. The van der Waals surface area contributed by atoms with Crippen LogP contribution in [-0.2, 0) is 16.0 Å². The van der Waals surface area contributed by atoms with Crippen LogP contribution in [-0.4, -0.2) is 29.6 Å². The number of benzene rings is 1. The summed E-state index contributed by atoms with van der Waals surface area (Å²) in [4.78, 5) is 24.0. The Morgan fingerprint density at radius 3 is 2.57 bits per heavy atom. The van der Waals surface area contributed by atoms with Crippen molar-refractivity contribution < 1.29 is 19.4 Å². The van der Waals surface area contributed by atoms with Gasteiger partial charge in [-0.05, 0) is 49.3 Å². The van der Waals surface area contributed by atoms with Gasteiger partial charge in [0, 0.05) is 5.02 Å². The molecule has 1 aliphatic rings. The Morgan fingerprint density at radius 2 is 2.04 bits per heavy atom. The lowest BCUT2D eigenvalue weighted by atomic mass is 9.77. The molecule has 0 radical (unpaired) electrons. The number of amides is 1. The Balaban J connectivity index is 2.07. The molecule has 2 N–H and O–H groups in total. The standard InChI is InChI=1S/C17H22ClNO4/c1-11-5-7-17(8-6-11,16(21)22)19-15(20)9-12-3-4-13(23-2)10-14(12)18/h3-4,10-11H,5-9H2,1-2H3,(H,19,20)(H,21,22). The number of carboxylic acid groups (broad SMARTS) is 1. The van der Waals surface area contributed by atoms with E-state index in [1.165, 1.54) is 0 Å². The average Bonchev–Trinajstić information content (AvgIpc) is 2.51. The monoisotopic (exact) mass is 339 g/mol. The molecule has 1 amide bonds. The molecule has 1 aromatic rings. The van der Waals surface area contributed by atoms with Crippen LogP contribution in [0.15, 0.2) is 18.2 Å². The Bertz CT molecular complexity index is 594. The maximum Gasteiger partial charge on any atom is 0.329 e. The lowest BCUT2D eigenvalue weighted by Crippen LogP contribution is -2.56. The molecule has 0 atom stereocenters. The molecule has 0 heterocycles. The van der Waals surface area contributed by atoms with E-state index in [0.717, 1.165) is 12.8 Å². The van der Waals surface area contributed by atoms with Crippen molar-refractivity contribution in [1.29, 1.82) is 0 Å². The molecule has 0 aliphatic heterocycles. The summed E-state index contributed by atoms with van der Waals surface area (Å²) in [5.74, 6) is -0.176. The van der Waals surface area contributed by atoms with Gasteiger partial charge in [-0.2, -0.15) is 0 Å². The summed E-state index contributed by atoms with van der Waals surface area (Å²) in [6.45, 7) is 2.10. The van der Waals surface area contributed by atoms with Crippen molar-refractivity contribution in [1.82, 2.24) is 5.32 Å². The zero-order valence-electron chi connectivity index (χ0n) is 13.4. The van der Waals surface area contributed by atoms with E-state index in [1.54, 1.807) is 25.3 Å². The van der Waals surface area contributed by atoms with Gasteiger partial charge >= 0.3 is 5.97 Å². The van der Waals surface area contributed by atoms with Gasteiger partial charge in [-0.15, -0.1) is 0 Å². The Morgan fingerprint density at radius 1 is 1.39 bits per heavy atom. The molecule has 6 heteroatoms. The molecular formula is C17H22ClNO4. The van der Waals surface area contributed by atoms with Crippen LogP contribution in [0.2, 0.25) is 5.02 Å². The van der Waals surface area contributed by atoms with Crippen molar-refractivity contribution in [3.05, 3.63) is 28.8 Å². The minimum atomic E-state index is -1.15. The van der Waals surface area contributed by atoms with Crippen LogP contribution in [0.1, 0.15) is 38.2 Å². The smallest absolute Gasteiger partial charge is 0.329 e. The highest BCUT2D eigenvalue weighted by Crippen LogP contribution is 2.32. The van der Waals surface area contributed by atoms with Crippen LogP contribution >= 0.6 is 11.6 Å². The van der Waals surface area contributed by atoms with Crippen LogP contribution in [0.3, 0.4) is 0 Å². The van der Waals surface area contributed by atoms with Crippen molar-refractivity contribution in [2.24, 2.45) is 5.92 Å². The van der Waals surface area contributed by atoms with Gasteiger partial charge in [-0.3, -0.25) is 4.79 Å². The highest BCUT2D eigenvalue weighted by atomic mass is 35.5. The third kappa shape index (κ3) is 4.16. The van der Waals surface area contributed by atoms with E-state index in [0.29, 0.717) is 35.1 Å². The number of hydrogen-bond acceptors (Lipinski definition) is 3. The highest BCUT2D eigenvalue weighted by molar-refractivity contribution is 6.31. The number of halogens is 1. The number of carbonyl (C=O) groups is 2. The fourth-order valence-electron chi connectivity index (χ4n) is 2.93. The van der Waals surface area contributed by atoms with E-state index in [2.05, 4.69) is 12.2 Å². The number of carboxylic acids is 1. The van der Waals surface area contributed by atoms with Gasteiger partial charge in [0.25, 0.3) is 0 Å². The summed E-state index contributed by atoms with van der Waals surface area (Å²) in [5, 5.41) is 12.7. The number of aliphatic carboxylic acids is 1. The van der Waals surface area contributed by atoms with Crippen LogP contribution in [0.4, 0.5) is 0 Å². The van der Waals surface area contributed by atoms with Gasteiger partial charge in [0.2, 0.25) is 5.91 Å². The van der Waals surface area contributed by atoms with Crippen LogP contribution in [0.5, 0.6) is 5.75 Å². The molecule has 23 heavy (non-hydrogen) atoms. The summed E-state index contributed by atoms with van der Waals surface area (Å²) in [6, 6.07) is 5.08. The molecule has 1 saturated carbocycles. The predicted octanol–water partition coefficient (Wildman–Crippen LogP) is 3.04. The number of nitrogens with one attached hydrogen (secondary N) is 1. The molecule has 1 aromatic carbocycles. The molecule has 2 rings (SSSR count). The first-order chi connectivity index (χ1) is 10.9. The van der Waals surface area contributed by atoms with Crippen LogP contribution in [0, 0.1) is 5.92 Å². The first-order valence-electron chi connectivity index (χ1n) is 7.73. The maximum atomic E-state index is 12.3. The number of rotatable bonds is 5. The summed E-state index contributed by atoms with van der Waals surface area (Å²) < 4.78 is 5.07. The fourth-order valence-corrected chi connectivity index (χ4v) is 3.17. The number of carbonyl (C=O) groups excluding carboxylic acids is 1. The predicted molar refractivity (Wildman–Crippen MR) is 87.8 cm³/mol. The molecule has 0 unspecified atom stereocenters. The second-order valence-corrected chi connectivity index (χ2v) is 6.66. The second kappa shape index (κ2) is 7.21. The Labute approximate surface area is 141 Å². The quantitative estimate of drug-likeness (QED) is 0.864. The van der Waals surface area contributed by atoms with E-state index in [-0.39, 0.29) is 12.3 Å². The third-order valence-corrected chi connectivity index (χ3v) is 4.88.